The Morgan fingerprint density at radius 2 is 1.62 bits per heavy atom. The molecule has 2 amide bonds. The summed E-state index contributed by atoms with van der Waals surface area (Å²) < 4.78 is 11.5. The van der Waals surface area contributed by atoms with E-state index in [1.54, 1.807) is 29.2 Å². The molecule has 6 heteroatoms. The maximum Gasteiger partial charge on any atom is 0.255 e. The van der Waals surface area contributed by atoms with Gasteiger partial charge in [0.2, 0.25) is 0 Å². The Kier molecular flexibility index (Phi) is 5.39. The van der Waals surface area contributed by atoms with Crippen LogP contribution in [-0.2, 0) is 9.47 Å². The fourth-order valence-corrected chi connectivity index (χ4v) is 3.89. The minimum atomic E-state index is -0.510. The maximum absolute atomic E-state index is 12.9. The monoisotopic (exact) mass is 394 g/mol. The van der Waals surface area contributed by atoms with Gasteiger partial charge in [-0.3, -0.25) is 9.59 Å². The largest absolute Gasteiger partial charge is 0.347 e. The molecule has 152 valence electrons. The lowest BCUT2D eigenvalue weighted by Crippen LogP contribution is -2.47. The van der Waals surface area contributed by atoms with Gasteiger partial charge in [-0.1, -0.05) is 18.2 Å². The summed E-state index contributed by atoms with van der Waals surface area (Å²) in [4.78, 5) is 27.5. The maximum atomic E-state index is 12.9. The highest BCUT2D eigenvalue weighted by atomic mass is 16.7. The third kappa shape index (κ3) is 4.04. The molecule has 4 rings (SSSR count). The predicted octanol–water partition coefficient (Wildman–Crippen LogP) is 3.53. The van der Waals surface area contributed by atoms with E-state index in [4.69, 9.17) is 9.47 Å². The molecule has 29 heavy (non-hydrogen) atoms. The molecule has 0 bridgehead atoms. The van der Waals surface area contributed by atoms with E-state index >= 15 is 0 Å². The molecule has 0 unspecified atom stereocenters. The standard InChI is InChI=1S/C23H26N2O4/c1-16-5-3-8-20(17(16)2)24-21(26)18-6-4-7-19(15-18)22(27)25-11-9-23(10-12-25)28-13-14-29-23/h3-8,15H,9-14H2,1-2H3,(H,24,26). The number of hydrogen-bond acceptors (Lipinski definition) is 4. The smallest absolute Gasteiger partial charge is 0.255 e. The van der Waals surface area contributed by atoms with Crippen molar-refractivity contribution >= 4 is 17.5 Å². The van der Waals surface area contributed by atoms with Crippen LogP contribution in [0.25, 0.3) is 0 Å². The Hall–Kier alpha value is -2.70. The number of rotatable bonds is 3. The van der Waals surface area contributed by atoms with Crippen LogP contribution in [0.3, 0.4) is 0 Å². The Labute approximate surface area is 170 Å². The van der Waals surface area contributed by atoms with Crippen LogP contribution in [0.2, 0.25) is 0 Å². The molecule has 0 aromatic heterocycles. The molecule has 2 aromatic rings. The first-order valence-electron chi connectivity index (χ1n) is 10.0. The van der Waals surface area contributed by atoms with Gasteiger partial charge in [0.15, 0.2) is 5.79 Å². The second-order valence-corrected chi connectivity index (χ2v) is 7.68. The first-order chi connectivity index (χ1) is 14.0. The van der Waals surface area contributed by atoms with Crippen molar-refractivity contribution in [1.29, 1.82) is 0 Å². The zero-order valence-electron chi connectivity index (χ0n) is 16.9. The number of nitrogens with zero attached hydrogens (tertiary/aromatic N) is 1. The molecule has 0 aliphatic carbocycles. The van der Waals surface area contributed by atoms with E-state index in [2.05, 4.69) is 5.32 Å². The van der Waals surface area contributed by atoms with Crippen molar-refractivity contribution in [3.8, 4) is 0 Å². The van der Waals surface area contributed by atoms with Crippen molar-refractivity contribution < 1.29 is 19.1 Å². The number of carbonyl (C=O) groups is 2. The number of anilines is 1. The molecule has 0 saturated carbocycles. The molecule has 0 radical (unpaired) electrons. The first kappa shape index (κ1) is 19.6. The third-order valence-electron chi connectivity index (χ3n) is 5.85. The third-order valence-corrected chi connectivity index (χ3v) is 5.85. The SMILES string of the molecule is Cc1cccc(NC(=O)c2cccc(C(=O)N3CCC4(CC3)OCCO4)c2)c1C. The van der Waals surface area contributed by atoms with Crippen molar-refractivity contribution in [2.75, 3.05) is 31.6 Å². The quantitative estimate of drug-likeness (QED) is 0.865. The summed E-state index contributed by atoms with van der Waals surface area (Å²) in [5.74, 6) is -0.803. The van der Waals surface area contributed by atoms with Gasteiger partial charge in [0.1, 0.15) is 0 Å². The molecular formula is C23H26N2O4. The van der Waals surface area contributed by atoms with Gasteiger partial charge in [0, 0.05) is 42.7 Å². The van der Waals surface area contributed by atoms with Crippen LogP contribution in [0.4, 0.5) is 5.69 Å². The van der Waals surface area contributed by atoms with Crippen molar-refractivity contribution in [3.63, 3.8) is 0 Å². The van der Waals surface area contributed by atoms with Crippen LogP contribution in [0.1, 0.15) is 44.7 Å². The van der Waals surface area contributed by atoms with Gasteiger partial charge in [0.25, 0.3) is 11.8 Å². The summed E-state index contributed by atoms with van der Waals surface area (Å²) in [6, 6.07) is 12.7. The molecular weight excluding hydrogens is 368 g/mol. The van der Waals surface area contributed by atoms with E-state index in [1.807, 2.05) is 32.0 Å². The number of carbonyl (C=O) groups excluding carboxylic acids is 2. The lowest BCUT2D eigenvalue weighted by molar-refractivity contribution is -0.181. The number of aryl methyl sites for hydroxylation is 1. The Morgan fingerprint density at radius 1 is 0.966 bits per heavy atom. The number of nitrogens with one attached hydrogen (secondary N) is 1. The summed E-state index contributed by atoms with van der Waals surface area (Å²) in [7, 11) is 0. The summed E-state index contributed by atoms with van der Waals surface area (Å²) in [6.07, 6.45) is 1.34. The highest BCUT2D eigenvalue weighted by molar-refractivity contribution is 6.06. The van der Waals surface area contributed by atoms with E-state index in [9.17, 15) is 9.59 Å². The van der Waals surface area contributed by atoms with Gasteiger partial charge >= 0.3 is 0 Å². The molecule has 2 fully saturated rings. The highest BCUT2D eigenvalue weighted by Crippen LogP contribution is 2.31. The van der Waals surface area contributed by atoms with Crippen LogP contribution >= 0.6 is 0 Å². The molecule has 2 aromatic carbocycles. The second-order valence-electron chi connectivity index (χ2n) is 7.68. The van der Waals surface area contributed by atoms with Gasteiger partial charge in [0.05, 0.1) is 13.2 Å². The van der Waals surface area contributed by atoms with E-state index in [-0.39, 0.29) is 11.8 Å². The van der Waals surface area contributed by atoms with Crippen molar-refractivity contribution in [3.05, 3.63) is 64.7 Å². The van der Waals surface area contributed by atoms with E-state index in [0.717, 1.165) is 16.8 Å². The Morgan fingerprint density at radius 3 is 2.34 bits per heavy atom. The summed E-state index contributed by atoms with van der Waals surface area (Å²) in [5, 5.41) is 2.95. The summed E-state index contributed by atoms with van der Waals surface area (Å²) >= 11 is 0. The van der Waals surface area contributed by atoms with E-state index < -0.39 is 5.79 Å². The lowest BCUT2D eigenvalue weighted by atomic mass is 10.0. The van der Waals surface area contributed by atoms with E-state index in [1.165, 1.54) is 0 Å². The fourth-order valence-electron chi connectivity index (χ4n) is 3.89. The summed E-state index contributed by atoms with van der Waals surface area (Å²) in [6.45, 7) is 6.38. The van der Waals surface area contributed by atoms with Crippen LogP contribution < -0.4 is 5.32 Å². The molecule has 1 N–H and O–H groups in total. The van der Waals surface area contributed by atoms with Crippen LogP contribution in [-0.4, -0.2) is 48.8 Å². The Bertz CT molecular complexity index is 924. The number of piperidine rings is 1. The number of ether oxygens (including phenoxy) is 2. The average molecular weight is 394 g/mol. The number of amides is 2. The first-order valence-corrected chi connectivity index (χ1v) is 10.0. The zero-order chi connectivity index (χ0) is 20.4. The Balaban J connectivity index is 1.45. The minimum absolute atomic E-state index is 0.0702. The molecule has 2 aliphatic rings. The molecule has 2 heterocycles. The minimum Gasteiger partial charge on any atom is -0.347 e. The zero-order valence-corrected chi connectivity index (χ0v) is 16.9. The molecule has 1 spiro atoms. The topological polar surface area (TPSA) is 67.9 Å². The van der Waals surface area contributed by atoms with Gasteiger partial charge in [-0.15, -0.1) is 0 Å². The molecule has 2 aliphatic heterocycles. The molecule has 6 nitrogen and oxygen atoms in total. The normalized spacial score (nSPS) is 18.1. The fraction of sp³-hybridized carbons (Fsp3) is 0.391. The average Bonchev–Trinajstić information content (AvgIpc) is 3.19. The van der Waals surface area contributed by atoms with Gasteiger partial charge in [-0.2, -0.15) is 0 Å². The van der Waals surface area contributed by atoms with Crippen LogP contribution in [0.15, 0.2) is 42.5 Å². The number of hydrogen-bond donors (Lipinski definition) is 1. The van der Waals surface area contributed by atoms with Gasteiger partial charge in [-0.05, 0) is 49.2 Å². The number of likely N-dealkylation sites (tertiary alicyclic amines) is 1. The van der Waals surface area contributed by atoms with Crippen molar-refractivity contribution in [1.82, 2.24) is 4.90 Å². The molecule has 0 atom stereocenters. The van der Waals surface area contributed by atoms with Crippen LogP contribution in [0.5, 0.6) is 0 Å². The van der Waals surface area contributed by atoms with Gasteiger partial charge in [-0.25, -0.2) is 0 Å². The predicted molar refractivity (Wildman–Crippen MR) is 110 cm³/mol. The lowest BCUT2D eigenvalue weighted by Gasteiger charge is -2.37. The second kappa shape index (κ2) is 7.97. The van der Waals surface area contributed by atoms with Crippen molar-refractivity contribution in [2.45, 2.75) is 32.5 Å². The highest BCUT2D eigenvalue weighted by Gasteiger charge is 2.40. The summed E-state index contributed by atoms with van der Waals surface area (Å²) in [5.41, 5.74) is 3.91. The molecule has 2 saturated heterocycles. The van der Waals surface area contributed by atoms with Crippen LogP contribution in [0, 0.1) is 13.8 Å². The van der Waals surface area contributed by atoms with E-state index in [0.29, 0.717) is 50.3 Å². The number of benzene rings is 2. The van der Waals surface area contributed by atoms with Gasteiger partial charge < -0.3 is 19.7 Å². The van der Waals surface area contributed by atoms with Crippen molar-refractivity contribution in [2.24, 2.45) is 0 Å².